The second-order valence-corrected chi connectivity index (χ2v) is 32.3. The minimum atomic E-state index is -4.64. The highest BCUT2D eigenvalue weighted by molar-refractivity contribution is 7.45. The lowest BCUT2D eigenvalue weighted by molar-refractivity contribution is -0.870. The van der Waals surface area contributed by atoms with E-state index in [-0.39, 0.29) is 32.0 Å². The van der Waals surface area contributed by atoms with E-state index >= 15 is 0 Å². The molecular formula is C85H168NO8P. The molecule has 0 rings (SSSR count). The number of nitrogens with zero attached hydrogens (tertiary/aromatic N) is 1. The van der Waals surface area contributed by atoms with E-state index in [9.17, 15) is 19.0 Å². The van der Waals surface area contributed by atoms with Gasteiger partial charge in [-0.2, -0.15) is 0 Å². The highest BCUT2D eigenvalue weighted by Crippen LogP contribution is 2.38. The molecule has 0 N–H and O–H groups in total. The maximum atomic E-state index is 12.9. The second-order valence-electron chi connectivity index (χ2n) is 30.9. The highest BCUT2D eigenvalue weighted by atomic mass is 31.2. The summed E-state index contributed by atoms with van der Waals surface area (Å²) in [5, 5.41) is 0. The number of hydrogen-bond acceptors (Lipinski definition) is 8. The Balaban J connectivity index is 3.85. The first-order chi connectivity index (χ1) is 46.5. The number of carbonyl (C=O) groups excluding carboxylic acids is 2. The van der Waals surface area contributed by atoms with Crippen LogP contribution >= 0.6 is 7.82 Å². The van der Waals surface area contributed by atoms with Crippen LogP contribution in [0.5, 0.6) is 0 Å². The van der Waals surface area contributed by atoms with Gasteiger partial charge in [-0.25, -0.2) is 0 Å². The van der Waals surface area contributed by atoms with Gasteiger partial charge < -0.3 is 27.9 Å². The summed E-state index contributed by atoms with van der Waals surface area (Å²) in [6, 6.07) is 0. The van der Waals surface area contributed by atoms with E-state index < -0.39 is 26.5 Å². The Morgan fingerprint density at radius 3 is 0.779 bits per heavy atom. The molecule has 0 spiro atoms. The molecule has 566 valence electrons. The molecule has 0 aromatic rings. The molecule has 0 aromatic heterocycles. The number of esters is 2. The number of hydrogen-bond donors (Lipinski definition) is 0. The number of quaternary nitrogens is 1. The molecule has 0 aromatic carbocycles. The third kappa shape index (κ3) is 81.6. The number of phosphoric acid groups is 1. The number of phosphoric ester groups is 1. The molecule has 9 nitrogen and oxygen atoms in total. The smallest absolute Gasteiger partial charge is 0.306 e. The summed E-state index contributed by atoms with van der Waals surface area (Å²) in [5.74, 6) is -0.801. The van der Waals surface area contributed by atoms with Crippen molar-refractivity contribution in [3.63, 3.8) is 0 Å². The number of rotatable bonds is 82. The molecule has 0 aliphatic rings. The van der Waals surface area contributed by atoms with Gasteiger partial charge in [-0.15, -0.1) is 0 Å². The molecule has 2 unspecified atom stereocenters. The van der Waals surface area contributed by atoms with Crippen LogP contribution in [0.3, 0.4) is 0 Å². The lowest BCUT2D eigenvalue weighted by atomic mass is 10.0. The average molecular weight is 1360 g/mol. The number of ether oxygens (including phenoxy) is 2. The van der Waals surface area contributed by atoms with Crippen molar-refractivity contribution in [1.29, 1.82) is 0 Å². The van der Waals surface area contributed by atoms with E-state index in [0.717, 1.165) is 32.1 Å². The molecule has 95 heavy (non-hydrogen) atoms. The van der Waals surface area contributed by atoms with Gasteiger partial charge in [-0.05, 0) is 38.5 Å². The number of allylic oxidation sites excluding steroid dienone is 2. The molecule has 0 aliphatic carbocycles. The number of likely N-dealkylation sites (N-methyl/N-ethyl adjacent to an activating group) is 1. The minimum absolute atomic E-state index is 0.0255. The molecule has 0 radical (unpaired) electrons. The van der Waals surface area contributed by atoms with Gasteiger partial charge in [0.25, 0.3) is 7.82 Å². The Bertz CT molecular complexity index is 1600. The monoisotopic (exact) mass is 1360 g/mol. The van der Waals surface area contributed by atoms with E-state index in [1.807, 2.05) is 21.1 Å². The SMILES string of the molecule is CCCCCCCCCC/C=C\CCCCCCCCCCCCCCCCCCCCCCCC(=O)OC(COC(=O)CCCCCCCCCCCCCCCCCCCCCCCCCCCCCCCCCCCCCCCC)COP(=O)([O-])OCC[N+](C)(C)C. The highest BCUT2D eigenvalue weighted by Gasteiger charge is 2.22. The van der Waals surface area contributed by atoms with Gasteiger partial charge in [-0.1, -0.05) is 431 Å². The van der Waals surface area contributed by atoms with Gasteiger partial charge >= 0.3 is 11.9 Å². The summed E-state index contributed by atoms with van der Waals surface area (Å²) in [5.41, 5.74) is 0. The van der Waals surface area contributed by atoms with Gasteiger partial charge in [0.05, 0.1) is 27.7 Å². The molecule has 0 heterocycles. The predicted octanol–water partition coefficient (Wildman–Crippen LogP) is 27.9. The third-order valence-corrected chi connectivity index (χ3v) is 21.0. The van der Waals surface area contributed by atoms with Crippen LogP contribution in [0.4, 0.5) is 0 Å². The second kappa shape index (κ2) is 76.9. The fraction of sp³-hybridized carbons (Fsp3) is 0.953. The normalized spacial score (nSPS) is 12.9. The van der Waals surface area contributed by atoms with E-state index in [0.29, 0.717) is 17.4 Å². The minimum Gasteiger partial charge on any atom is -0.756 e. The van der Waals surface area contributed by atoms with Crippen LogP contribution in [0.1, 0.15) is 470 Å². The van der Waals surface area contributed by atoms with Crippen molar-refractivity contribution < 1.29 is 42.1 Å². The van der Waals surface area contributed by atoms with Crippen molar-refractivity contribution >= 4 is 19.8 Å². The van der Waals surface area contributed by atoms with Crippen molar-refractivity contribution in [2.45, 2.75) is 476 Å². The summed E-state index contributed by atoms with van der Waals surface area (Å²) in [7, 11) is 1.20. The first kappa shape index (κ1) is 93.8. The molecular weight excluding hydrogens is 1190 g/mol. The lowest BCUT2D eigenvalue weighted by Gasteiger charge is -2.28. The third-order valence-electron chi connectivity index (χ3n) is 20.0. The van der Waals surface area contributed by atoms with Crippen LogP contribution in [0.25, 0.3) is 0 Å². The molecule has 10 heteroatoms. The molecule has 2 atom stereocenters. The van der Waals surface area contributed by atoms with Crippen LogP contribution in [0, 0.1) is 0 Å². The molecule has 0 fully saturated rings. The summed E-state index contributed by atoms with van der Waals surface area (Å²) < 4.78 is 34.5. The Kier molecular flexibility index (Phi) is 75.9. The van der Waals surface area contributed by atoms with Crippen LogP contribution in [-0.2, 0) is 32.7 Å². The quantitative estimate of drug-likeness (QED) is 0.0195. The van der Waals surface area contributed by atoms with Gasteiger partial charge in [0.1, 0.15) is 19.8 Å². The van der Waals surface area contributed by atoms with Crippen molar-refractivity contribution in [2.24, 2.45) is 0 Å². The van der Waals surface area contributed by atoms with Crippen LogP contribution in [0.15, 0.2) is 12.2 Å². The predicted molar refractivity (Wildman–Crippen MR) is 412 cm³/mol. The fourth-order valence-electron chi connectivity index (χ4n) is 13.5. The molecule has 0 bridgehead atoms. The Labute approximate surface area is 594 Å². The Morgan fingerprint density at radius 1 is 0.316 bits per heavy atom. The zero-order valence-corrected chi connectivity index (χ0v) is 65.8. The zero-order chi connectivity index (χ0) is 69.0. The zero-order valence-electron chi connectivity index (χ0n) is 64.9. The molecule has 0 aliphatic heterocycles. The van der Waals surface area contributed by atoms with Crippen LogP contribution < -0.4 is 4.89 Å². The Morgan fingerprint density at radius 2 is 0.537 bits per heavy atom. The van der Waals surface area contributed by atoms with Crippen molar-refractivity contribution in [3.05, 3.63) is 12.2 Å². The fourth-order valence-corrected chi connectivity index (χ4v) is 14.2. The van der Waals surface area contributed by atoms with E-state index in [1.54, 1.807) is 0 Å². The van der Waals surface area contributed by atoms with Crippen LogP contribution in [-0.4, -0.2) is 70.0 Å². The van der Waals surface area contributed by atoms with Crippen molar-refractivity contribution in [2.75, 3.05) is 47.5 Å². The number of carbonyl (C=O) groups is 2. The van der Waals surface area contributed by atoms with E-state index in [2.05, 4.69) is 26.0 Å². The Hall–Kier alpha value is -1.25. The first-order valence-corrected chi connectivity index (χ1v) is 44.4. The van der Waals surface area contributed by atoms with Gasteiger partial charge in [0, 0.05) is 12.8 Å². The summed E-state index contributed by atoms with van der Waals surface area (Å²) in [4.78, 5) is 38.2. The standard InChI is InChI=1S/C85H168NO8P/c1-6-8-10-12-14-16-18-20-22-24-26-28-30-32-34-36-38-40-41-42-43-44-46-47-49-51-53-55-57-59-61-63-65-67-69-71-73-75-77-84(87)91-81-83(82-93-95(89,90)92-80-79-86(3,4)5)94-85(88)78-76-74-72-70-68-66-64-62-60-58-56-54-52-50-48-45-39-37-35-33-31-29-27-25-23-21-19-17-15-13-11-9-7-2/h25,27,83H,6-24,26,28-82H2,1-5H3/b27-25-. The summed E-state index contributed by atoms with van der Waals surface area (Å²) in [6.07, 6.45) is 98.0. The lowest BCUT2D eigenvalue weighted by Crippen LogP contribution is -2.37. The van der Waals surface area contributed by atoms with Crippen LogP contribution in [0.2, 0.25) is 0 Å². The van der Waals surface area contributed by atoms with Gasteiger partial charge in [-0.3, -0.25) is 14.2 Å². The maximum absolute atomic E-state index is 12.9. The van der Waals surface area contributed by atoms with E-state index in [4.69, 9.17) is 18.5 Å². The largest absolute Gasteiger partial charge is 0.756 e. The van der Waals surface area contributed by atoms with Crippen molar-refractivity contribution in [3.8, 4) is 0 Å². The molecule has 0 saturated heterocycles. The number of unbranched alkanes of at least 4 members (excludes halogenated alkanes) is 66. The van der Waals surface area contributed by atoms with E-state index in [1.165, 1.54) is 405 Å². The average Bonchev–Trinajstić information content (AvgIpc) is 1.80. The molecule has 0 saturated carbocycles. The van der Waals surface area contributed by atoms with Gasteiger partial charge in [0.2, 0.25) is 0 Å². The van der Waals surface area contributed by atoms with Crippen molar-refractivity contribution in [1.82, 2.24) is 0 Å². The van der Waals surface area contributed by atoms with Gasteiger partial charge in [0.15, 0.2) is 6.10 Å². The topological polar surface area (TPSA) is 111 Å². The maximum Gasteiger partial charge on any atom is 0.306 e. The first-order valence-electron chi connectivity index (χ1n) is 42.9. The summed E-state index contributed by atoms with van der Waals surface area (Å²) in [6.45, 7) is 4.34. The molecule has 0 amide bonds. The summed E-state index contributed by atoms with van der Waals surface area (Å²) >= 11 is 0.